The van der Waals surface area contributed by atoms with Gasteiger partial charge in [-0.1, -0.05) is 41.4 Å². The number of hydrogen-bond acceptors (Lipinski definition) is 2. The smallest absolute Gasteiger partial charge is 0.170 e. The first-order valence-corrected chi connectivity index (χ1v) is 7.91. The van der Waals surface area contributed by atoms with Crippen molar-refractivity contribution in [1.29, 1.82) is 0 Å². The lowest BCUT2D eigenvalue weighted by atomic mass is 10.2. The maximum atomic E-state index is 6.07. The minimum Gasteiger partial charge on any atom is -0.490 e. The predicted octanol–water partition coefficient (Wildman–Crippen LogP) is 4.67. The number of benzene rings is 2. The van der Waals surface area contributed by atoms with Crippen molar-refractivity contribution in [3.63, 3.8) is 0 Å². The monoisotopic (exact) mass is 354 g/mol. The van der Waals surface area contributed by atoms with Crippen LogP contribution in [0.4, 0.5) is 5.69 Å². The molecule has 0 saturated heterocycles. The van der Waals surface area contributed by atoms with E-state index in [1.54, 1.807) is 6.07 Å². The first-order valence-electron chi connectivity index (χ1n) is 6.74. The van der Waals surface area contributed by atoms with Crippen molar-refractivity contribution >= 4 is 46.2 Å². The highest BCUT2D eigenvalue weighted by Crippen LogP contribution is 2.22. The van der Waals surface area contributed by atoms with Crippen molar-refractivity contribution in [2.75, 3.05) is 18.5 Å². The summed E-state index contributed by atoms with van der Waals surface area (Å²) in [4.78, 5) is 0. The van der Waals surface area contributed by atoms with Gasteiger partial charge in [-0.05, 0) is 49.0 Å². The van der Waals surface area contributed by atoms with Crippen LogP contribution < -0.4 is 15.4 Å². The van der Waals surface area contributed by atoms with E-state index in [9.17, 15) is 0 Å². The average Bonchev–Trinajstić information content (AvgIpc) is 2.49. The molecule has 0 atom stereocenters. The minimum atomic E-state index is 0.459. The maximum absolute atomic E-state index is 6.07. The molecule has 0 radical (unpaired) electrons. The number of aryl methyl sites for hydroxylation is 1. The lowest BCUT2D eigenvalue weighted by Gasteiger charge is -2.12. The van der Waals surface area contributed by atoms with Gasteiger partial charge in [-0.15, -0.1) is 0 Å². The third-order valence-electron chi connectivity index (χ3n) is 2.91. The number of nitrogens with one attached hydrogen (secondary N) is 2. The Bertz CT molecular complexity index is 664. The summed E-state index contributed by atoms with van der Waals surface area (Å²) in [7, 11) is 0. The molecule has 0 fully saturated rings. The van der Waals surface area contributed by atoms with Crippen LogP contribution in [-0.4, -0.2) is 18.3 Å². The van der Waals surface area contributed by atoms with Gasteiger partial charge in [0.1, 0.15) is 12.4 Å². The highest BCUT2D eigenvalue weighted by Gasteiger charge is 2.02. The largest absolute Gasteiger partial charge is 0.490 e. The number of para-hydroxylation sites is 1. The maximum Gasteiger partial charge on any atom is 0.170 e. The quantitative estimate of drug-likeness (QED) is 0.603. The van der Waals surface area contributed by atoms with E-state index in [4.69, 9.17) is 40.2 Å². The molecule has 22 heavy (non-hydrogen) atoms. The number of anilines is 1. The van der Waals surface area contributed by atoms with Crippen molar-refractivity contribution in [3.05, 3.63) is 58.1 Å². The van der Waals surface area contributed by atoms with Crippen molar-refractivity contribution in [2.45, 2.75) is 6.92 Å². The van der Waals surface area contributed by atoms with E-state index < -0.39 is 0 Å². The highest BCUT2D eigenvalue weighted by atomic mass is 35.5. The van der Waals surface area contributed by atoms with Crippen LogP contribution in [0, 0.1) is 6.92 Å². The van der Waals surface area contributed by atoms with Gasteiger partial charge in [-0.3, -0.25) is 0 Å². The van der Waals surface area contributed by atoms with Crippen LogP contribution in [0.2, 0.25) is 10.0 Å². The van der Waals surface area contributed by atoms with Crippen LogP contribution in [0.1, 0.15) is 5.56 Å². The summed E-state index contributed by atoms with van der Waals surface area (Å²) in [5, 5.41) is 7.95. The first-order chi connectivity index (χ1) is 10.6. The minimum absolute atomic E-state index is 0.459. The summed E-state index contributed by atoms with van der Waals surface area (Å²) in [5.74, 6) is 0.662. The molecule has 0 heterocycles. The number of hydrogen-bond donors (Lipinski definition) is 2. The summed E-state index contributed by atoms with van der Waals surface area (Å²) >= 11 is 17.3. The molecule has 116 valence electrons. The van der Waals surface area contributed by atoms with Crippen LogP contribution in [0.25, 0.3) is 0 Å². The molecule has 0 aliphatic rings. The van der Waals surface area contributed by atoms with E-state index in [0.29, 0.717) is 34.1 Å². The van der Waals surface area contributed by atoms with Gasteiger partial charge in [-0.2, -0.15) is 0 Å². The molecule has 2 N–H and O–H groups in total. The summed E-state index contributed by atoms with van der Waals surface area (Å²) in [5.41, 5.74) is 1.87. The van der Waals surface area contributed by atoms with Crippen molar-refractivity contribution in [2.24, 2.45) is 0 Å². The van der Waals surface area contributed by atoms with E-state index >= 15 is 0 Å². The number of halogens is 2. The molecule has 0 bridgehead atoms. The van der Waals surface area contributed by atoms with Gasteiger partial charge in [0.05, 0.1) is 11.6 Å². The molecular weight excluding hydrogens is 339 g/mol. The van der Waals surface area contributed by atoms with Gasteiger partial charge in [0.2, 0.25) is 0 Å². The zero-order chi connectivity index (χ0) is 15.9. The lowest BCUT2D eigenvalue weighted by Crippen LogP contribution is -2.31. The van der Waals surface area contributed by atoms with Crippen molar-refractivity contribution < 1.29 is 4.74 Å². The van der Waals surface area contributed by atoms with Crippen molar-refractivity contribution in [3.8, 4) is 5.75 Å². The number of thiocarbonyl (C=S) groups is 1. The average molecular weight is 355 g/mol. The lowest BCUT2D eigenvalue weighted by molar-refractivity contribution is 0.323. The normalized spacial score (nSPS) is 10.1. The fourth-order valence-corrected chi connectivity index (χ4v) is 2.32. The molecule has 6 heteroatoms. The fourth-order valence-electron chi connectivity index (χ4n) is 1.73. The Morgan fingerprint density at radius 3 is 2.64 bits per heavy atom. The van der Waals surface area contributed by atoms with Gasteiger partial charge < -0.3 is 15.4 Å². The van der Waals surface area contributed by atoms with Gasteiger partial charge >= 0.3 is 0 Å². The molecule has 0 aliphatic heterocycles. The van der Waals surface area contributed by atoms with Gasteiger partial charge in [-0.25, -0.2) is 0 Å². The van der Waals surface area contributed by atoms with Crippen LogP contribution >= 0.6 is 35.4 Å². The molecule has 0 unspecified atom stereocenters. The molecule has 2 rings (SSSR count). The van der Waals surface area contributed by atoms with E-state index in [1.165, 1.54) is 0 Å². The Hall–Kier alpha value is -1.49. The molecule has 2 aromatic carbocycles. The molecule has 2 aromatic rings. The van der Waals surface area contributed by atoms with E-state index in [0.717, 1.165) is 11.3 Å². The van der Waals surface area contributed by atoms with E-state index in [1.807, 2.05) is 43.3 Å². The standard InChI is InChI=1S/C16H16Cl2N2OS/c1-11-6-7-12(10-14(11)18)20-16(22)19-8-9-21-15-5-3-2-4-13(15)17/h2-7,10H,8-9H2,1H3,(H2,19,20,22). The molecule has 0 saturated carbocycles. The van der Waals surface area contributed by atoms with Crippen LogP contribution in [0.3, 0.4) is 0 Å². The van der Waals surface area contributed by atoms with Crippen LogP contribution in [-0.2, 0) is 0 Å². The first kappa shape index (κ1) is 16.9. The summed E-state index contributed by atoms with van der Waals surface area (Å²) in [6.45, 7) is 2.98. The molecule has 3 nitrogen and oxygen atoms in total. The summed E-state index contributed by atoms with van der Waals surface area (Å²) in [6, 6.07) is 13.1. The molecule has 0 amide bonds. The molecular formula is C16H16Cl2N2OS. The number of ether oxygens (including phenoxy) is 1. The highest BCUT2D eigenvalue weighted by molar-refractivity contribution is 7.80. The van der Waals surface area contributed by atoms with Crippen LogP contribution in [0.5, 0.6) is 5.75 Å². The Labute approximate surface area is 145 Å². The second kappa shape index (κ2) is 8.22. The molecule has 0 spiro atoms. The zero-order valence-corrected chi connectivity index (χ0v) is 14.4. The Balaban J connectivity index is 1.74. The summed E-state index contributed by atoms with van der Waals surface area (Å²) < 4.78 is 5.57. The van der Waals surface area contributed by atoms with Gasteiger partial charge in [0.15, 0.2) is 5.11 Å². The topological polar surface area (TPSA) is 33.3 Å². The zero-order valence-electron chi connectivity index (χ0n) is 12.0. The fraction of sp³-hybridized carbons (Fsp3) is 0.188. The van der Waals surface area contributed by atoms with Crippen molar-refractivity contribution in [1.82, 2.24) is 5.32 Å². The Morgan fingerprint density at radius 1 is 1.14 bits per heavy atom. The Kier molecular flexibility index (Phi) is 6.31. The third kappa shape index (κ3) is 5.05. The SMILES string of the molecule is Cc1ccc(NC(=S)NCCOc2ccccc2Cl)cc1Cl. The van der Waals surface area contributed by atoms with Gasteiger partial charge in [0.25, 0.3) is 0 Å². The van der Waals surface area contributed by atoms with Gasteiger partial charge in [0, 0.05) is 10.7 Å². The molecule has 0 aromatic heterocycles. The summed E-state index contributed by atoms with van der Waals surface area (Å²) in [6.07, 6.45) is 0. The second-order valence-electron chi connectivity index (χ2n) is 4.62. The van der Waals surface area contributed by atoms with Crippen LogP contribution in [0.15, 0.2) is 42.5 Å². The third-order valence-corrected chi connectivity index (χ3v) is 3.88. The Morgan fingerprint density at radius 2 is 1.91 bits per heavy atom. The number of rotatable bonds is 5. The van der Waals surface area contributed by atoms with E-state index in [-0.39, 0.29) is 0 Å². The molecule has 0 aliphatic carbocycles. The second-order valence-corrected chi connectivity index (χ2v) is 5.85. The predicted molar refractivity (Wildman–Crippen MR) is 97.4 cm³/mol. The van der Waals surface area contributed by atoms with E-state index in [2.05, 4.69) is 10.6 Å².